The lowest BCUT2D eigenvalue weighted by molar-refractivity contribution is -0.133. The maximum atomic E-state index is 13.0. The van der Waals surface area contributed by atoms with E-state index in [-0.39, 0.29) is 11.9 Å². The van der Waals surface area contributed by atoms with E-state index in [0.29, 0.717) is 32.8 Å². The first-order valence-corrected chi connectivity index (χ1v) is 10.9. The Balaban J connectivity index is 1.37. The van der Waals surface area contributed by atoms with E-state index < -0.39 is 0 Å². The van der Waals surface area contributed by atoms with Gasteiger partial charge in [0.25, 0.3) is 0 Å². The van der Waals surface area contributed by atoms with E-state index in [9.17, 15) is 4.79 Å². The minimum Gasteiger partial charge on any atom is -0.486 e. The van der Waals surface area contributed by atoms with Gasteiger partial charge in [-0.25, -0.2) is 9.67 Å². The molecule has 0 spiro atoms. The summed E-state index contributed by atoms with van der Waals surface area (Å²) in [6.07, 6.45) is 3.19. The zero-order valence-corrected chi connectivity index (χ0v) is 18.8. The van der Waals surface area contributed by atoms with E-state index in [4.69, 9.17) is 9.47 Å². The zero-order valence-electron chi connectivity index (χ0n) is 18.8. The molecule has 2 aromatic carbocycles. The normalized spacial score (nSPS) is 13.8. The average Bonchev–Trinajstić information content (AvgIpc) is 3.37. The quantitative estimate of drug-likeness (QED) is 0.542. The number of hydrogen-bond acceptors (Lipinski definition) is 6. The van der Waals surface area contributed by atoms with E-state index >= 15 is 0 Å². The Morgan fingerprint density at radius 1 is 1.12 bits per heavy atom. The number of benzene rings is 2. The van der Waals surface area contributed by atoms with E-state index in [1.807, 2.05) is 49.2 Å². The first-order chi connectivity index (χ1) is 15.5. The van der Waals surface area contributed by atoms with Crippen LogP contribution in [-0.2, 0) is 11.3 Å². The van der Waals surface area contributed by atoms with E-state index in [0.717, 1.165) is 28.3 Å². The molecule has 32 heavy (non-hydrogen) atoms. The van der Waals surface area contributed by atoms with Crippen molar-refractivity contribution in [3.8, 4) is 17.2 Å². The number of fused-ring (bicyclic) bond motifs is 1. The van der Waals surface area contributed by atoms with Gasteiger partial charge in [0.05, 0.1) is 12.2 Å². The number of nitrogens with zero attached hydrogens (tertiary/aromatic N) is 5. The molecule has 0 radical (unpaired) electrons. The predicted octanol–water partition coefficient (Wildman–Crippen LogP) is 3.08. The number of ether oxygens (including phenoxy) is 2. The highest BCUT2D eigenvalue weighted by Crippen LogP contribution is 2.31. The lowest BCUT2D eigenvalue weighted by atomic mass is 10.1. The Labute approximate surface area is 188 Å². The fraction of sp³-hybridized carbons (Fsp3) is 0.375. The average molecular weight is 436 g/mol. The summed E-state index contributed by atoms with van der Waals surface area (Å²) in [6.45, 7) is 6.75. The third-order valence-corrected chi connectivity index (χ3v) is 5.82. The van der Waals surface area contributed by atoms with Crippen LogP contribution >= 0.6 is 0 Å². The number of likely N-dealkylation sites (N-methyl/N-ethyl adjacent to an activating group) is 2. The van der Waals surface area contributed by atoms with Gasteiger partial charge in [-0.3, -0.25) is 9.69 Å². The minimum atomic E-state index is 0.0935. The summed E-state index contributed by atoms with van der Waals surface area (Å²) in [5, 5.41) is 4.15. The molecule has 1 aliphatic rings. The molecule has 3 aromatic rings. The third-order valence-electron chi connectivity index (χ3n) is 5.82. The molecule has 8 heteroatoms. The molecule has 2 heterocycles. The third kappa shape index (κ3) is 4.91. The largest absolute Gasteiger partial charge is 0.486 e. The van der Waals surface area contributed by atoms with Gasteiger partial charge in [-0.15, -0.1) is 0 Å². The van der Waals surface area contributed by atoms with Crippen molar-refractivity contribution in [1.29, 1.82) is 0 Å². The van der Waals surface area contributed by atoms with Crippen LogP contribution in [0, 0.1) is 0 Å². The number of hydrogen-bond donors (Lipinski definition) is 0. The zero-order chi connectivity index (χ0) is 22.5. The van der Waals surface area contributed by atoms with Gasteiger partial charge in [0, 0.05) is 19.1 Å². The fourth-order valence-electron chi connectivity index (χ4n) is 3.73. The fourth-order valence-corrected chi connectivity index (χ4v) is 3.73. The van der Waals surface area contributed by atoms with Gasteiger partial charge in [-0.1, -0.05) is 18.2 Å². The molecule has 1 atom stereocenters. The minimum absolute atomic E-state index is 0.0935. The monoisotopic (exact) mass is 435 g/mol. The number of carbonyl (C=O) groups is 1. The molecule has 0 bridgehead atoms. The van der Waals surface area contributed by atoms with E-state index in [2.05, 4.69) is 34.0 Å². The van der Waals surface area contributed by atoms with Gasteiger partial charge in [0.1, 0.15) is 25.9 Å². The molecule has 1 aromatic heterocycles. The van der Waals surface area contributed by atoms with Crippen LogP contribution in [0.15, 0.2) is 55.1 Å². The lowest BCUT2D eigenvalue weighted by Crippen LogP contribution is -2.39. The SMILES string of the molecule is CCN(Cc1ccc2c(c1)OCCO2)C(=O)CN(C)C(C)c1ccc(-n2cncn2)cc1. The van der Waals surface area contributed by atoms with Crippen molar-refractivity contribution in [3.63, 3.8) is 0 Å². The number of rotatable bonds is 8. The summed E-state index contributed by atoms with van der Waals surface area (Å²) in [7, 11) is 1.98. The molecule has 168 valence electrons. The second kappa shape index (κ2) is 9.82. The van der Waals surface area contributed by atoms with Crippen LogP contribution in [0.5, 0.6) is 11.5 Å². The Morgan fingerprint density at radius 2 is 1.88 bits per heavy atom. The Kier molecular flexibility index (Phi) is 6.70. The van der Waals surface area contributed by atoms with Crippen molar-refractivity contribution < 1.29 is 14.3 Å². The van der Waals surface area contributed by atoms with Crippen LogP contribution < -0.4 is 9.47 Å². The second-order valence-corrected chi connectivity index (χ2v) is 7.91. The maximum absolute atomic E-state index is 13.0. The van der Waals surface area contributed by atoms with E-state index in [1.54, 1.807) is 11.0 Å². The second-order valence-electron chi connectivity index (χ2n) is 7.91. The van der Waals surface area contributed by atoms with E-state index in [1.165, 1.54) is 6.33 Å². The Hall–Kier alpha value is -3.39. The number of carbonyl (C=O) groups excluding carboxylic acids is 1. The van der Waals surface area contributed by atoms with Gasteiger partial charge in [0.2, 0.25) is 5.91 Å². The first kappa shape index (κ1) is 21.8. The van der Waals surface area contributed by atoms with Gasteiger partial charge >= 0.3 is 0 Å². The van der Waals surface area contributed by atoms with Gasteiger partial charge in [-0.2, -0.15) is 5.10 Å². The van der Waals surface area contributed by atoms with Crippen LogP contribution in [0.1, 0.15) is 31.0 Å². The molecule has 0 aliphatic carbocycles. The molecule has 0 fully saturated rings. The summed E-state index contributed by atoms with van der Waals surface area (Å²) in [5.74, 6) is 1.60. The number of aromatic nitrogens is 3. The lowest BCUT2D eigenvalue weighted by Gasteiger charge is -2.28. The molecule has 8 nitrogen and oxygen atoms in total. The molecule has 4 rings (SSSR count). The maximum Gasteiger partial charge on any atom is 0.237 e. The molecule has 1 aliphatic heterocycles. The van der Waals surface area contributed by atoms with Crippen LogP contribution in [0.2, 0.25) is 0 Å². The Bertz CT molecular complexity index is 1040. The summed E-state index contributed by atoms with van der Waals surface area (Å²) in [5.41, 5.74) is 3.12. The van der Waals surface area contributed by atoms with Crippen molar-refractivity contribution in [2.45, 2.75) is 26.4 Å². The number of amides is 1. The molecule has 1 amide bonds. The van der Waals surface area contributed by atoms with Crippen LogP contribution in [-0.4, -0.2) is 63.8 Å². The van der Waals surface area contributed by atoms with Crippen molar-refractivity contribution >= 4 is 5.91 Å². The van der Waals surface area contributed by atoms with Crippen LogP contribution in [0.25, 0.3) is 5.69 Å². The predicted molar refractivity (Wildman–Crippen MR) is 121 cm³/mol. The smallest absolute Gasteiger partial charge is 0.237 e. The summed E-state index contributed by atoms with van der Waals surface area (Å²) in [4.78, 5) is 20.9. The molecule has 0 saturated carbocycles. The highest BCUT2D eigenvalue weighted by molar-refractivity contribution is 5.78. The first-order valence-electron chi connectivity index (χ1n) is 10.9. The standard InChI is InChI=1S/C24H29N5O3/c1-4-28(14-19-5-10-22-23(13-19)32-12-11-31-22)24(30)15-27(3)18(2)20-6-8-21(9-7-20)29-17-25-16-26-29/h5-10,13,16-18H,4,11-12,14-15H2,1-3H3. The van der Waals surface area contributed by atoms with Crippen LogP contribution in [0.4, 0.5) is 0 Å². The molecule has 0 saturated heterocycles. The van der Waals surface area contributed by atoms with Crippen molar-refractivity contribution in [3.05, 3.63) is 66.2 Å². The molecular weight excluding hydrogens is 406 g/mol. The highest BCUT2D eigenvalue weighted by atomic mass is 16.6. The molecular formula is C24H29N5O3. The topological polar surface area (TPSA) is 72.7 Å². The van der Waals surface area contributed by atoms with Gasteiger partial charge < -0.3 is 14.4 Å². The van der Waals surface area contributed by atoms with Gasteiger partial charge in [0.15, 0.2) is 11.5 Å². The van der Waals surface area contributed by atoms with Crippen molar-refractivity contribution in [1.82, 2.24) is 24.6 Å². The Morgan fingerprint density at radius 3 is 2.56 bits per heavy atom. The summed E-state index contributed by atoms with van der Waals surface area (Å²) < 4.78 is 13.0. The van der Waals surface area contributed by atoms with Crippen molar-refractivity contribution in [2.24, 2.45) is 0 Å². The molecule has 0 N–H and O–H groups in total. The van der Waals surface area contributed by atoms with Crippen LogP contribution in [0.3, 0.4) is 0 Å². The van der Waals surface area contributed by atoms with Crippen molar-refractivity contribution in [2.75, 3.05) is 33.4 Å². The highest BCUT2D eigenvalue weighted by Gasteiger charge is 2.20. The molecule has 1 unspecified atom stereocenters. The summed E-state index contributed by atoms with van der Waals surface area (Å²) in [6, 6.07) is 14.1. The van der Waals surface area contributed by atoms with Gasteiger partial charge in [-0.05, 0) is 56.3 Å². The summed E-state index contributed by atoms with van der Waals surface area (Å²) >= 11 is 0.